The number of fused-ring (bicyclic) bond motifs is 3. The highest BCUT2D eigenvalue weighted by Crippen LogP contribution is 2.41. The van der Waals surface area contributed by atoms with E-state index in [9.17, 15) is 0 Å². The lowest BCUT2D eigenvalue weighted by molar-refractivity contribution is 1.15. The van der Waals surface area contributed by atoms with E-state index in [4.69, 9.17) is 11.5 Å². The normalized spacial score (nSPS) is 11.4. The molecular formula is C14H14N2S. The van der Waals surface area contributed by atoms with E-state index < -0.39 is 0 Å². The first-order valence-corrected chi connectivity index (χ1v) is 6.52. The summed E-state index contributed by atoms with van der Waals surface area (Å²) in [6, 6.07) is 10.3. The van der Waals surface area contributed by atoms with Gasteiger partial charge < -0.3 is 11.5 Å². The van der Waals surface area contributed by atoms with Crippen molar-refractivity contribution in [1.82, 2.24) is 0 Å². The zero-order chi connectivity index (χ0) is 12.0. The molecule has 2 nitrogen and oxygen atoms in total. The number of thiophene rings is 1. The van der Waals surface area contributed by atoms with E-state index in [1.807, 2.05) is 18.2 Å². The zero-order valence-electron chi connectivity index (χ0n) is 9.66. The average Bonchev–Trinajstić information content (AvgIpc) is 2.73. The number of rotatable bonds is 1. The second-order valence-corrected chi connectivity index (χ2v) is 5.25. The van der Waals surface area contributed by atoms with Gasteiger partial charge in [-0.05, 0) is 24.1 Å². The number of hydrogen-bond acceptors (Lipinski definition) is 3. The third kappa shape index (κ3) is 1.39. The van der Waals surface area contributed by atoms with Crippen LogP contribution < -0.4 is 11.5 Å². The van der Waals surface area contributed by atoms with Gasteiger partial charge in [-0.25, -0.2) is 0 Å². The Morgan fingerprint density at radius 3 is 2.71 bits per heavy atom. The van der Waals surface area contributed by atoms with Crippen LogP contribution in [0.1, 0.15) is 12.5 Å². The monoisotopic (exact) mass is 242 g/mol. The summed E-state index contributed by atoms with van der Waals surface area (Å²) in [5.41, 5.74) is 15.2. The van der Waals surface area contributed by atoms with E-state index in [0.717, 1.165) is 33.4 Å². The maximum Gasteiger partial charge on any atom is 0.0605 e. The maximum atomic E-state index is 6.26. The molecule has 3 rings (SSSR count). The fourth-order valence-corrected chi connectivity index (χ4v) is 3.45. The van der Waals surface area contributed by atoms with Crippen LogP contribution in [-0.2, 0) is 6.42 Å². The molecule has 1 heterocycles. The topological polar surface area (TPSA) is 52.0 Å². The van der Waals surface area contributed by atoms with Gasteiger partial charge in [0.1, 0.15) is 0 Å². The highest BCUT2D eigenvalue weighted by Gasteiger charge is 2.12. The van der Waals surface area contributed by atoms with Gasteiger partial charge in [0, 0.05) is 26.8 Å². The first kappa shape index (κ1) is 10.4. The minimum Gasteiger partial charge on any atom is -0.398 e. The van der Waals surface area contributed by atoms with Crippen LogP contribution in [0, 0.1) is 0 Å². The Balaban J connectivity index is 2.58. The predicted octanol–water partition coefficient (Wildman–Crippen LogP) is 3.78. The Morgan fingerprint density at radius 2 is 1.94 bits per heavy atom. The molecule has 17 heavy (non-hydrogen) atoms. The molecule has 0 amide bonds. The van der Waals surface area contributed by atoms with Crippen molar-refractivity contribution >= 4 is 42.9 Å². The molecule has 0 spiro atoms. The molecule has 3 heteroatoms. The third-order valence-electron chi connectivity index (χ3n) is 3.18. The highest BCUT2D eigenvalue weighted by molar-refractivity contribution is 7.26. The van der Waals surface area contributed by atoms with Crippen LogP contribution in [0.4, 0.5) is 11.4 Å². The molecule has 4 N–H and O–H groups in total. The van der Waals surface area contributed by atoms with Crippen LogP contribution in [0.15, 0.2) is 30.3 Å². The van der Waals surface area contributed by atoms with Crippen LogP contribution >= 0.6 is 11.3 Å². The van der Waals surface area contributed by atoms with Crippen LogP contribution in [-0.4, -0.2) is 0 Å². The lowest BCUT2D eigenvalue weighted by atomic mass is 10.0. The molecule has 2 aromatic carbocycles. The summed E-state index contributed by atoms with van der Waals surface area (Å²) in [4.78, 5) is 0. The van der Waals surface area contributed by atoms with Gasteiger partial charge in [-0.3, -0.25) is 0 Å². The minimum absolute atomic E-state index is 0.840. The summed E-state index contributed by atoms with van der Waals surface area (Å²) in [7, 11) is 0. The van der Waals surface area contributed by atoms with Gasteiger partial charge in [0.2, 0.25) is 0 Å². The lowest BCUT2D eigenvalue weighted by Crippen LogP contribution is -1.96. The summed E-state index contributed by atoms with van der Waals surface area (Å²) >= 11 is 1.72. The molecule has 3 aromatic rings. The van der Waals surface area contributed by atoms with Crippen molar-refractivity contribution in [2.45, 2.75) is 13.3 Å². The van der Waals surface area contributed by atoms with E-state index in [2.05, 4.69) is 19.1 Å². The van der Waals surface area contributed by atoms with Gasteiger partial charge in [-0.1, -0.05) is 25.1 Å². The summed E-state index contributed by atoms with van der Waals surface area (Å²) in [6.45, 7) is 2.10. The molecular weight excluding hydrogens is 228 g/mol. The Morgan fingerprint density at radius 1 is 1.18 bits per heavy atom. The van der Waals surface area contributed by atoms with Crippen molar-refractivity contribution in [3.63, 3.8) is 0 Å². The van der Waals surface area contributed by atoms with Crippen LogP contribution in [0.2, 0.25) is 0 Å². The largest absolute Gasteiger partial charge is 0.398 e. The molecule has 0 fully saturated rings. The van der Waals surface area contributed by atoms with Crippen molar-refractivity contribution in [1.29, 1.82) is 0 Å². The summed E-state index contributed by atoms with van der Waals surface area (Å²) < 4.78 is 2.36. The minimum atomic E-state index is 0.840. The Hall–Kier alpha value is -1.74. The van der Waals surface area contributed by atoms with E-state index in [1.54, 1.807) is 11.3 Å². The standard InChI is InChI=1S/C14H14N2S/c1-2-8-7-10(15)14-12(13(8)16)9-5-3-4-6-11(9)17-14/h3-7H,2,15-16H2,1H3. The fraction of sp³-hybridized carbons (Fsp3) is 0.143. The first-order valence-electron chi connectivity index (χ1n) is 5.70. The Bertz CT molecular complexity index is 713. The second kappa shape index (κ2) is 3.64. The predicted molar refractivity (Wildman–Crippen MR) is 77.5 cm³/mol. The van der Waals surface area contributed by atoms with Crippen LogP contribution in [0.3, 0.4) is 0 Å². The molecule has 0 bridgehead atoms. The molecule has 0 aliphatic rings. The number of anilines is 2. The van der Waals surface area contributed by atoms with Gasteiger partial charge in [-0.2, -0.15) is 0 Å². The lowest BCUT2D eigenvalue weighted by Gasteiger charge is -2.07. The molecule has 0 saturated carbocycles. The summed E-state index contributed by atoms with van der Waals surface area (Å²) in [5.74, 6) is 0. The number of aryl methyl sites for hydroxylation is 1. The Labute approximate surface area is 104 Å². The fourth-order valence-electron chi connectivity index (χ4n) is 2.30. The van der Waals surface area contributed by atoms with E-state index >= 15 is 0 Å². The first-order chi connectivity index (χ1) is 8.22. The van der Waals surface area contributed by atoms with Gasteiger partial charge >= 0.3 is 0 Å². The number of nitrogen functional groups attached to an aromatic ring is 2. The van der Waals surface area contributed by atoms with Crippen molar-refractivity contribution < 1.29 is 0 Å². The second-order valence-electron chi connectivity index (χ2n) is 4.19. The molecule has 0 saturated heterocycles. The van der Waals surface area contributed by atoms with Gasteiger partial charge in [-0.15, -0.1) is 11.3 Å². The molecule has 0 radical (unpaired) electrons. The van der Waals surface area contributed by atoms with E-state index in [1.165, 1.54) is 10.1 Å². The molecule has 1 aromatic heterocycles. The maximum absolute atomic E-state index is 6.26. The average molecular weight is 242 g/mol. The SMILES string of the molecule is CCc1cc(N)c2sc3ccccc3c2c1N. The highest BCUT2D eigenvalue weighted by atomic mass is 32.1. The zero-order valence-corrected chi connectivity index (χ0v) is 10.5. The molecule has 0 aliphatic heterocycles. The smallest absolute Gasteiger partial charge is 0.0605 e. The molecule has 0 unspecified atom stereocenters. The van der Waals surface area contributed by atoms with Gasteiger partial charge in [0.05, 0.1) is 4.70 Å². The van der Waals surface area contributed by atoms with Crippen molar-refractivity contribution in [3.8, 4) is 0 Å². The van der Waals surface area contributed by atoms with E-state index in [0.29, 0.717) is 0 Å². The van der Waals surface area contributed by atoms with Crippen LogP contribution in [0.25, 0.3) is 20.2 Å². The summed E-state index contributed by atoms with van der Waals surface area (Å²) in [5, 5.41) is 2.34. The van der Waals surface area contributed by atoms with Crippen molar-refractivity contribution in [3.05, 3.63) is 35.9 Å². The van der Waals surface area contributed by atoms with Gasteiger partial charge in [0.15, 0.2) is 0 Å². The van der Waals surface area contributed by atoms with E-state index in [-0.39, 0.29) is 0 Å². The molecule has 86 valence electrons. The van der Waals surface area contributed by atoms with Crippen molar-refractivity contribution in [2.24, 2.45) is 0 Å². The third-order valence-corrected chi connectivity index (χ3v) is 4.40. The molecule has 0 aliphatic carbocycles. The van der Waals surface area contributed by atoms with Gasteiger partial charge in [0.25, 0.3) is 0 Å². The van der Waals surface area contributed by atoms with Crippen molar-refractivity contribution in [2.75, 3.05) is 11.5 Å². The quantitative estimate of drug-likeness (QED) is 0.638. The number of benzene rings is 2. The van der Waals surface area contributed by atoms with Crippen LogP contribution in [0.5, 0.6) is 0 Å². The number of hydrogen-bond donors (Lipinski definition) is 2. The Kier molecular flexibility index (Phi) is 2.23. The molecule has 0 atom stereocenters. The summed E-state index contributed by atoms with van der Waals surface area (Å²) in [6.07, 6.45) is 0.913. The number of nitrogens with two attached hydrogens (primary N) is 2.